The number of nitrogens with zero attached hydrogens (tertiary/aromatic N) is 1. The van der Waals surface area contributed by atoms with Crippen LogP contribution in [0.3, 0.4) is 0 Å². The Kier molecular flexibility index (Phi) is 5.65. The summed E-state index contributed by atoms with van der Waals surface area (Å²) < 4.78 is 5.31. The zero-order valence-electron chi connectivity index (χ0n) is 15.7. The van der Waals surface area contributed by atoms with Crippen LogP contribution in [0.4, 0.5) is 0 Å². The third kappa shape index (κ3) is 4.06. The van der Waals surface area contributed by atoms with E-state index in [1.807, 2.05) is 66.7 Å². The molecule has 28 heavy (non-hydrogen) atoms. The molecular weight excluding hydrogens is 366 g/mol. The van der Waals surface area contributed by atoms with Crippen molar-refractivity contribution in [2.45, 2.75) is 10.8 Å². The van der Waals surface area contributed by atoms with Crippen molar-refractivity contribution >= 4 is 23.7 Å². The molecule has 4 aromatic rings. The second kappa shape index (κ2) is 8.50. The van der Waals surface area contributed by atoms with Gasteiger partial charge in [0.15, 0.2) is 0 Å². The Morgan fingerprint density at radius 2 is 1.64 bits per heavy atom. The molecule has 1 aromatic heterocycles. The molecule has 4 nitrogen and oxygen atoms in total. The third-order valence-electron chi connectivity index (χ3n) is 4.86. The normalized spacial score (nSPS) is 13.5. The van der Waals surface area contributed by atoms with Crippen molar-refractivity contribution in [2.75, 3.05) is 20.2 Å². The van der Waals surface area contributed by atoms with Crippen molar-refractivity contribution in [3.8, 4) is 16.9 Å². The number of fused-ring (bicyclic) bond motifs is 1. The summed E-state index contributed by atoms with van der Waals surface area (Å²) in [5.41, 5.74) is 4.47. The largest absolute Gasteiger partial charge is 0.496 e. The Morgan fingerprint density at radius 1 is 0.929 bits per heavy atom. The van der Waals surface area contributed by atoms with Gasteiger partial charge in [0.05, 0.1) is 18.1 Å². The Balaban J connectivity index is 0.000000138. The van der Waals surface area contributed by atoms with E-state index in [9.17, 15) is 0 Å². The Morgan fingerprint density at radius 3 is 2.32 bits per heavy atom. The number of hydrogen-bond acceptors (Lipinski definition) is 4. The molecule has 0 saturated carbocycles. The Labute approximate surface area is 170 Å². The van der Waals surface area contributed by atoms with Gasteiger partial charge in [-0.1, -0.05) is 42.5 Å². The molecule has 1 fully saturated rings. The minimum atomic E-state index is 0.590. The predicted molar refractivity (Wildman–Crippen MR) is 117 cm³/mol. The van der Waals surface area contributed by atoms with E-state index >= 15 is 0 Å². The van der Waals surface area contributed by atoms with Gasteiger partial charge in [0.2, 0.25) is 0 Å². The molecule has 5 heteroatoms. The molecular formula is C23H23N3OS. The van der Waals surface area contributed by atoms with Crippen LogP contribution in [0, 0.1) is 0 Å². The zero-order chi connectivity index (χ0) is 19.3. The van der Waals surface area contributed by atoms with Gasteiger partial charge in [-0.2, -0.15) is 0 Å². The highest BCUT2D eigenvalue weighted by molar-refractivity contribution is 7.80. The molecule has 142 valence electrons. The smallest absolute Gasteiger partial charge is 0.126 e. The van der Waals surface area contributed by atoms with Gasteiger partial charge >= 0.3 is 0 Å². The number of H-pyrrole nitrogens is 1. The zero-order valence-corrected chi connectivity index (χ0v) is 16.6. The highest BCUT2D eigenvalue weighted by Gasteiger charge is 2.21. The maximum absolute atomic E-state index is 5.31. The molecule has 1 aliphatic heterocycles. The molecule has 0 bridgehead atoms. The standard InChI is InChI=1S/C13H12OS.C10H11N3/c1-14-13-5-3-2-4-12(13)10-6-8-11(15)9-7-10;1-2-4-9-8(3-1)12-10(13-9)7-5-11-6-7/h2-9,15H,1H3;1-4,7,11H,5-6H2,(H,12,13). The fourth-order valence-corrected chi connectivity index (χ4v) is 3.32. The average Bonchev–Trinajstić information content (AvgIpc) is 3.11. The van der Waals surface area contributed by atoms with E-state index in [0.29, 0.717) is 5.92 Å². The lowest BCUT2D eigenvalue weighted by Gasteiger charge is -2.24. The van der Waals surface area contributed by atoms with Crippen LogP contribution in [0.5, 0.6) is 5.75 Å². The maximum atomic E-state index is 5.31. The number of imidazole rings is 1. The second-order valence-corrected chi connectivity index (χ2v) is 7.26. The minimum absolute atomic E-state index is 0.590. The summed E-state index contributed by atoms with van der Waals surface area (Å²) in [6.07, 6.45) is 0. The third-order valence-corrected chi connectivity index (χ3v) is 5.16. The summed E-state index contributed by atoms with van der Waals surface area (Å²) in [6.45, 7) is 2.11. The molecule has 0 radical (unpaired) electrons. The van der Waals surface area contributed by atoms with Crippen molar-refractivity contribution in [3.63, 3.8) is 0 Å². The van der Waals surface area contributed by atoms with Crippen LogP contribution in [0.1, 0.15) is 11.7 Å². The molecule has 0 spiro atoms. The second-order valence-electron chi connectivity index (χ2n) is 6.74. The first-order chi connectivity index (χ1) is 13.7. The number of aromatic nitrogens is 2. The number of methoxy groups -OCH3 is 1. The van der Waals surface area contributed by atoms with Gasteiger partial charge in [0.1, 0.15) is 11.6 Å². The van der Waals surface area contributed by atoms with Crippen molar-refractivity contribution < 1.29 is 4.74 Å². The molecule has 0 aliphatic carbocycles. The molecule has 0 atom stereocenters. The van der Waals surface area contributed by atoms with Gasteiger partial charge < -0.3 is 15.0 Å². The molecule has 1 saturated heterocycles. The summed E-state index contributed by atoms with van der Waals surface area (Å²) in [5, 5.41) is 3.24. The van der Waals surface area contributed by atoms with Crippen molar-refractivity contribution in [1.29, 1.82) is 0 Å². The van der Waals surface area contributed by atoms with Crippen LogP contribution in [0.25, 0.3) is 22.2 Å². The van der Waals surface area contributed by atoms with Crippen LogP contribution in [0.15, 0.2) is 77.7 Å². The van der Waals surface area contributed by atoms with Crippen molar-refractivity contribution in [1.82, 2.24) is 15.3 Å². The summed E-state index contributed by atoms with van der Waals surface area (Å²) in [6, 6.07) is 24.2. The molecule has 1 aliphatic rings. The number of thiol groups is 1. The van der Waals surface area contributed by atoms with Crippen LogP contribution in [0.2, 0.25) is 0 Å². The lowest BCUT2D eigenvalue weighted by molar-refractivity contribution is 0.416. The highest BCUT2D eigenvalue weighted by Crippen LogP contribution is 2.29. The minimum Gasteiger partial charge on any atom is -0.496 e. The number of hydrogen-bond donors (Lipinski definition) is 3. The number of rotatable bonds is 3. The number of benzene rings is 3. The fourth-order valence-electron chi connectivity index (χ4n) is 3.17. The first-order valence-corrected chi connectivity index (χ1v) is 9.77. The van der Waals surface area contributed by atoms with E-state index in [0.717, 1.165) is 51.7 Å². The molecule has 3 aromatic carbocycles. The lowest BCUT2D eigenvalue weighted by Crippen LogP contribution is -2.40. The average molecular weight is 390 g/mol. The Bertz CT molecular complexity index is 1020. The monoisotopic (exact) mass is 389 g/mol. The van der Waals surface area contributed by atoms with E-state index in [1.54, 1.807) is 7.11 Å². The Hall–Kier alpha value is -2.76. The summed E-state index contributed by atoms with van der Waals surface area (Å²) >= 11 is 4.26. The van der Waals surface area contributed by atoms with Gasteiger partial charge in [-0.25, -0.2) is 4.98 Å². The SMILES string of the molecule is COc1ccccc1-c1ccc(S)cc1.c1ccc2[nH]c(C3CNC3)nc2c1. The number of aromatic amines is 1. The molecule has 0 amide bonds. The van der Waals surface area contributed by atoms with Crippen LogP contribution >= 0.6 is 12.6 Å². The van der Waals surface area contributed by atoms with Gasteiger partial charge in [-0.3, -0.25) is 0 Å². The van der Waals surface area contributed by atoms with E-state index in [2.05, 4.69) is 34.0 Å². The molecule has 2 N–H and O–H groups in total. The van der Waals surface area contributed by atoms with Crippen LogP contribution in [-0.2, 0) is 0 Å². The first kappa shape index (κ1) is 18.6. The van der Waals surface area contributed by atoms with Crippen LogP contribution in [-0.4, -0.2) is 30.2 Å². The summed E-state index contributed by atoms with van der Waals surface area (Å²) in [5.74, 6) is 2.61. The maximum Gasteiger partial charge on any atom is 0.126 e. The highest BCUT2D eigenvalue weighted by atomic mass is 32.1. The molecule has 5 rings (SSSR count). The molecule has 0 unspecified atom stereocenters. The van der Waals surface area contributed by atoms with E-state index < -0.39 is 0 Å². The topological polar surface area (TPSA) is 49.9 Å². The summed E-state index contributed by atoms with van der Waals surface area (Å²) in [4.78, 5) is 8.85. The first-order valence-electron chi connectivity index (χ1n) is 9.32. The van der Waals surface area contributed by atoms with Gasteiger partial charge in [-0.15, -0.1) is 12.6 Å². The van der Waals surface area contributed by atoms with Gasteiger partial charge in [0, 0.05) is 29.5 Å². The van der Waals surface area contributed by atoms with Crippen molar-refractivity contribution in [2.24, 2.45) is 0 Å². The van der Waals surface area contributed by atoms with E-state index in [-0.39, 0.29) is 0 Å². The molecule has 2 heterocycles. The predicted octanol–water partition coefficient (Wildman–Crippen LogP) is 4.90. The van der Waals surface area contributed by atoms with Gasteiger partial charge in [0.25, 0.3) is 0 Å². The fraction of sp³-hybridized carbons (Fsp3) is 0.174. The quantitative estimate of drug-likeness (QED) is 0.437. The van der Waals surface area contributed by atoms with E-state index in [4.69, 9.17) is 4.74 Å². The van der Waals surface area contributed by atoms with Crippen molar-refractivity contribution in [3.05, 3.63) is 78.6 Å². The number of nitrogens with one attached hydrogen (secondary N) is 2. The lowest BCUT2D eigenvalue weighted by atomic mass is 10.0. The number of ether oxygens (including phenoxy) is 1. The number of para-hydroxylation sites is 3. The van der Waals surface area contributed by atoms with Gasteiger partial charge in [-0.05, 0) is 35.9 Å². The van der Waals surface area contributed by atoms with Crippen LogP contribution < -0.4 is 10.1 Å². The summed E-state index contributed by atoms with van der Waals surface area (Å²) in [7, 11) is 1.69. The van der Waals surface area contributed by atoms with E-state index in [1.165, 1.54) is 0 Å².